The molecule has 2 heterocycles. The molecule has 0 aromatic rings. The molecule has 2 aliphatic rings. The van der Waals surface area contributed by atoms with Crippen LogP contribution in [0.1, 0.15) is 33.6 Å². The Hall–Kier alpha value is -0.810. The smallest absolute Gasteiger partial charge is 0.410 e. The summed E-state index contributed by atoms with van der Waals surface area (Å²) in [5.74, 6) is 0. The fourth-order valence-corrected chi connectivity index (χ4v) is 2.51. The van der Waals surface area contributed by atoms with Gasteiger partial charge in [-0.1, -0.05) is 0 Å². The molecular weight excluding hydrogens is 222 g/mol. The molecule has 1 N–H and O–H groups in total. The molecule has 98 valence electrons. The van der Waals surface area contributed by atoms with Gasteiger partial charge in [0.05, 0.1) is 13.2 Å². The van der Waals surface area contributed by atoms with Crippen LogP contribution in [-0.2, 0) is 9.47 Å². The highest BCUT2D eigenvalue weighted by molar-refractivity contribution is 5.69. The maximum atomic E-state index is 12.0. The van der Waals surface area contributed by atoms with Crippen molar-refractivity contribution < 1.29 is 19.4 Å². The van der Waals surface area contributed by atoms with E-state index in [0.29, 0.717) is 19.6 Å². The molecule has 0 aromatic carbocycles. The van der Waals surface area contributed by atoms with Crippen LogP contribution in [0.25, 0.3) is 0 Å². The predicted molar refractivity (Wildman–Crippen MR) is 61.7 cm³/mol. The minimum Gasteiger partial charge on any atom is -0.444 e. The van der Waals surface area contributed by atoms with Crippen molar-refractivity contribution in [3.05, 3.63) is 0 Å². The minimum atomic E-state index is -0.556. The zero-order valence-electron chi connectivity index (χ0n) is 10.7. The van der Waals surface area contributed by atoms with Gasteiger partial charge >= 0.3 is 6.09 Å². The highest BCUT2D eigenvalue weighted by Gasteiger charge is 2.50. The zero-order chi connectivity index (χ0) is 12.7. The molecule has 2 atom stereocenters. The molecule has 2 bridgehead atoms. The van der Waals surface area contributed by atoms with Crippen LogP contribution >= 0.6 is 0 Å². The summed E-state index contributed by atoms with van der Waals surface area (Å²) < 4.78 is 11.0. The van der Waals surface area contributed by atoms with Crippen LogP contribution in [0, 0.1) is 0 Å². The molecule has 2 unspecified atom stereocenters. The van der Waals surface area contributed by atoms with E-state index in [-0.39, 0.29) is 18.7 Å². The zero-order valence-corrected chi connectivity index (χ0v) is 10.7. The maximum Gasteiger partial charge on any atom is 0.410 e. The topological polar surface area (TPSA) is 59.0 Å². The van der Waals surface area contributed by atoms with E-state index in [0.717, 1.165) is 6.42 Å². The first-order valence-electron chi connectivity index (χ1n) is 6.10. The number of ether oxygens (including phenoxy) is 2. The van der Waals surface area contributed by atoms with Gasteiger partial charge in [0.25, 0.3) is 0 Å². The lowest BCUT2D eigenvalue weighted by Gasteiger charge is -2.29. The van der Waals surface area contributed by atoms with Gasteiger partial charge in [-0.05, 0) is 27.2 Å². The number of carbonyl (C=O) groups excluding carboxylic acids is 1. The average Bonchev–Trinajstić information content (AvgIpc) is 2.49. The minimum absolute atomic E-state index is 0.0389. The number of rotatable bonds is 1. The van der Waals surface area contributed by atoms with Crippen molar-refractivity contribution in [1.29, 1.82) is 0 Å². The summed E-state index contributed by atoms with van der Waals surface area (Å²) in [6.45, 7) is 6.55. The third-order valence-electron chi connectivity index (χ3n) is 3.28. The number of carbonyl (C=O) groups is 1. The van der Waals surface area contributed by atoms with E-state index in [4.69, 9.17) is 9.47 Å². The van der Waals surface area contributed by atoms with Crippen LogP contribution in [0.2, 0.25) is 0 Å². The largest absolute Gasteiger partial charge is 0.444 e. The lowest BCUT2D eigenvalue weighted by atomic mass is 9.97. The second-order valence-corrected chi connectivity index (χ2v) is 5.94. The Balaban J connectivity index is 2.06. The van der Waals surface area contributed by atoms with Gasteiger partial charge in [-0.2, -0.15) is 0 Å². The van der Waals surface area contributed by atoms with Crippen molar-refractivity contribution in [1.82, 2.24) is 4.90 Å². The lowest BCUT2D eigenvalue weighted by Crippen LogP contribution is -2.42. The average molecular weight is 243 g/mol. The molecule has 0 radical (unpaired) electrons. The van der Waals surface area contributed by atoms with Gasteiger partial charge in [-0.3, -0.25) is 0 Å². The van der Waals surface area contributed by atoms with Crippen molar-refractivity contribution in [2.75, 3.05) is 19.8 Å². The molecule has 1 amide bonds. The molecule has 2 fully saturated rings. The summed E-state index contributed by atoms with van der Waals surface area (Å²) >= 11 is 0. The highest BCUT2D eigenvalue weighted by atomic mass is 16.6. The quantitative estimate of drug-likeness (QED) is 0.750. The summed E-state index contributed by atoms with van der Waals surface area (Å²) in [5, 5.41) is 9.40. The molecule has 17 heavy (non-hydrogen) atoms. The number of hydrogen-bond donors (Lipinski definition) is 1. The number of aliphatic hydroxyl groups excluding tert-OH is 1. The number of likely N-dealkylation sites (tertiary alicyclic amines) is 1. The first kappa shape index (κ1) is 12.6. The standard InChI is InChI=1S/C12H21NO4/c1-11(2,3)17-10(15)13-7-12(8-14)6-9(13)4-5-16-12/h9,14H,4-8H2,1-3H3. The van der Waals surface area contributed by atoms with Gasteiger partial charge in [-0.25, -0.2) is 4.79 Å². The van der Waals surface area contributed by atoms with E-state index in [1.165, 1.54) is 0 Å². The predicted octanol–water partition coefficient (Wildman–Crippen LogP) is 1.15. The van der Waals surface area contributed by atoms with Gasteiger partial charge in [0, 0.05) is 19.1 Å². The van der Waals surface area contributed by atoms with E-state index < -0.39 is 11.2 Å². The third kappa shape index (κ3) is 2.55. The number of hydrogen-bond acceptors (Lipinski definition) is 4. The molecule has 0 spiro atoms. The van der Waals surface area contributed by atoms with E-state index in [9.17, 15) is 9.90 Å². The van der Waals surface area contributed by atoms with Gasteiger partial charge in [0.15, 0.2) is 0 Å². The summed E-state index contributed by atoms with van der Waals surface area (Å²) in [6.07, 6.45) is 1.23. The van der Waals surface area contributed by atoms with E-state index in [2.05, 4.69) is 0 Å². The molecule has 0 saturated carbocycles. The molecular formula is C12H21NO4. The maximum absolute atomic E-state index is 12.0. The Labute approximate surface area is 102 Å². The van der Waals surface area contributed by atoms with E-state index in [1.807, 2.05) is 20.8 Å². The van der Waals surface area contributed by atoms with Crippen molar-refractivity contribution >= 4 is 6.09 Å². The van der Waals surface area contributed by atoms with Gasteiger partial charge in [0.2, 0.25) is 0 Å². The van der Waals surface area contributed by atoms with Crippen LogP contribution in [-0.4, -0.2) is 53.1 Å². The lowest BCUT2D eigenvalue weighted by molar-refractivity contribution is -0.0828. The Bertz CT molecular complexity index is 312. The fourth-order valence-electron chi connectivity index (χ4n) is 2.51. The normalized spacial score (nSPS) is 32.7. The number of nitrogens with zero attached hydrogens (tertiary/aromatic N) is 1. The second kappa shape index (κ2) is 4.14. The Morgan fingerprint density at radius 3 is 2.82 bits per heavy atom. The van der Waals surface area contributed by atoms with Crippen molar-refractivity contribution in [2.24, 2.45) is 0 Å². The molecule has 5 heteroatoms. The summed E-state index contributed by atoms with van der Waals surface area (Å²) in [6, 6.07) is 0.144. The van der Waals surface area contributed by atoms with Crippen LogP contribution in [0.3, 0.4) is 0 Å². The SMILES string of the molecule is CC(C)(C)OC(=O)N1CC2(CO)CC1CCO2. The molecule has 2 aliphatic heterocycles. The van der Waals surface area contributed by atoms with Crippen LogP contribution in [0.5, 0.6) is 0 Å². The third-order valence-corrected chi connectivity index (χ3v) is 3.28. The monoisotopic (exact) mass is 243 g/mol. The Morgan fingerprint density at radius 1 is 1.59 bits per heavy atom. The second-order valence-electron chi connectivity index (χ2n) is 5.94. The number of fused-ring (bicyclic) bond motifs is 2. The molecule has 2 saturated heterocycles. The molecule has 5 nitrogen and oxygen atoms in total. The summed E-state index contributed by atoms with van der Waals surface area (Å²) in [4.78, 5) is 13.7. The summed E-state index contributed by atoms with van der Waals surface area (Å²) in [7, 11) is 0. The van der Waals surface area contributed by atoms with Crippen molar-refractivity contribution in [2.45, 2.75) is 50.9 Å². The van der Waals surface area contributed by atoms with E-state index in [1.54, 1.807) is 4.90 Å². The Morgan fingerprint density at radius 2 is 2.29 bits per heavy atom. The van der Waals surface area contributed by atoms with Crippen molar-refractivity contribution in [3.8, 4) is 0 Å². The molecule has 0 aromatic heterocycles. The fraction of sp³-hybridized carbons (Fsp3) is 0.917. The van der Waals surface area contributed by atoms with Gasteiger partial charge < -0.3 is 19.5 Å². The Kier molecular flexibility index (Phi) is 3.08. The van der Waals surface area contributed by atoms with Gasteiger partial charge in [-0.15, -0.1) is 0 Å². The van der Waals surface area contributed by atoms with Crippen LogP contribution in [0.4, 0.5) is 4.79 Å². The van der Waals surface area contributed by atoms with Crippen LogP contribution in [0.15, 0.2) is 0 Å². The number of amides is 1. The first-order valence-corrected chi connectivity index (χ1v) is 6.10. The molecule has 2 rings (SSSR count). The first-order chi connectivity index (χ1) is 7.85. The van der Waals surface area contributed by atoms with Gasteiger partial charge in [0.1, 0.15) is 11.2 Å². The summed E-state index contributed by atoms with van der Waals surface area (Å²) in [5.41, 5.74) is -1.04. The van der Waals surface area contributed by atoms with E-state index >= 15 is 0 Å². The highest BCUT2D eigenvalue weighted by Crippen LogP contribution is 2.36. The molecule has 0 aliphatic carbocycles. The number of aliphatic hydroxyl groups is 1. The van der Waals surface area contributed by atoms with Crippen molar-refractivity contribution in [3.63, 3.8) is 0 Å². The van der Waals surface area contributed by atoms with Crippen LogP contribution < -0.4 is 0 Å².